The van der Waals surface area contributed by atoms with Crippen molar-refractivity contribution in [3.63, 3.8) is 0 Å². The maximum absolute atomic E-state index is 5.99. The summed E-state index contributed by atoms with van der Waals surface area (Å²) in [6, 6.07) is 5.86. The van der Waals surface area contributed by atoms with Gasteiger partial charge in [0.1, 0.15) is 4.99 Å². The molecule has 20 heavy (non-hydrogen) atoms. The van der Waals surface area contributed by atoms with E-state index in [-0.39, 0.29) is 0 Å². The Kier molecular flexibility index (Phi) is 5.60. The number of rotatable bonds is 5. The van der Waals surface area contributed by atoms with Crippen LogP contribution in [0.25, 0.3) is 0 Å². The summed E-state index contributed by atoms with van der Waals surface area (Å²) >= 11 is 11.1. The van der Waals surface area contributed by atoms with Crippen LogP contribution in [0.2, 0.25) is 5.02 Å². The van der Waals surface area contributed by atoms with Crippen LogP contribution in [-0.4, -0.2) is 48.8 Å². The zero-order valence-corrected chi connectivity index (χ0v) is 13.1. The van der Waals surface area contributed by atoms with Crippen molar-refractivity contribution in [2.24, 2.45) is 5.73 Å². The van der Waals surface area contributed by atoms with E-state index >= 15 is 0 Å². The van der Waals surface area contributed by atoms with Crippen LogP contribution in [0.15, 0.2) is 18.2 Å². The first-order valence-electron chi connectivity index (χ1n) is 6.72. The van der Waals surface area contributed by atoms with Gasteiger partial charge in [-0.1, -0.05) is 23.8 Å². The molecule has 1 saturated heterocycles. The highest BCUT2D eigenvalue weighted by atomic mass is 35.5. The number of hydrogen-bond donors (Lipinski definition) is 2. The molecule has 1 heterocycles. The minimum Gasteiger partial charge on any atom is -0.389 e. The van der Waals surface area contributed by atoms with Gasteiger partial charge in [0.2, 0.25) is 0 Å². The van der Waals surface area contributed by atoms with Gasteiger partial charge in [0.25, 0.3) is 0 Å². The third-order valence-corrected chi connectivity index (χ3v) is 3.74. The molecule has 1 aliphatic rings. The highest BCUT2D eigenvalue weighted by Crippen LogP contribution is 2.21. The number of nitrogens with one attached hydrogen (secondary N) is 1. The van der Waals surface area contributed by atoms with Crippen molar-refractivity contribution in [2.45, 2.75) is 13.0 Å². The van der Waals surface area contributed by atoms with Crippen molar-refractivity contribution < 1.29 is 4.74 Å². The Morgan fingerprint density at radius 3 is 2.85 bits per heavy atom. The number of nitrogens with zero attached hydrogens (tertiary/aromatic N) is 1. The molecule has 0 amide bonds. The Labute approximate surface area is 130 Å². The first kappa shape index (κ1) is 15.5. The van der Waals surface area contributed by atoms with E-state index in [9.17, 15) is 0 Å². The molecule has 0 saturated carbocycles. The lowest BCUT2D eigenvalue weighted by Crippen LogP contribution is -2.42. The van der Waals surface area contributed by atoms with E-state index in [0.29, 0.717) is 16.1 Å². The lowest BCUT2D eigenvalue weighted by Gasteiger charge is -2.30. The molecule has 3 N–H and O–H groups in total. The fraction of sp³-hybridized carbons (Fsp3) is 0.500. The first-order valence-corrected chi connectivity index (χ1v) is 7.51. The van der Waals surface area contributed by atoms with Crippen LogP contribution in [0.5, 0.6) is 0 Å². The zero-order valence-electron chi connectivity index (χ0n) is 11.6. The van der Waals surface area contributed by atoms with E-state index in [1.54, 1.807) is 6.07 Å². The van der Waals surface area contributed by atoms with E-state index in [4.69, 9.17) is 34.3 Å². The Morgan fingerprint density at radius 2 is 2.20 bits per heavy atom. The summed E-state index contributed by atoms with van der Waals surface area (Å²) in [5, 5.41) is 4.10. The highest BCUT2D eigenvalue weighted by Gasteiger charge is 2.15. The second-order valence-corrected chi connectivity index (χ2v) is 5.89. The molecule has 0 spiro atoms. The first-order chi connectivity index (χ1) is 9.56. The second-order valence-electron chi connectivity index (χ2n) is 5.01. The van der Waals surface area contributed by atoms with Crippen LogP contribution in [0.4, 0.5) is 5.69 Å². The topological polar surface area (TPSA) is 50.5 Å². The molecule has 1 aliphatic heterocycles. The molecule has 1 aromatic rings. The van der Waals surface area contributed by atoms with Crippen LogP contribution < -0.4 is 11.1 Å². The van der Waals surface area contributed by atoms with Crippen molar-refractivity contribution in [1.29, 1.82) is 0 Å². The average molecular weight is 314 g/mol. The number of morpholine rings is 1. The molecule has 0 radical (unpaired) electrons. The van der Waals surface area contributed by atoms with E-state index in [1.807, 2.05) is 12.1 Å². The largest absolute Gasteiger partial charge is 0.389 e. The van der Waals surface area contributed by atoms with Crippen LogP contribution >= 0.6 is 23.8 Å². The summed E-state index contributed by atoms with van der Waals surface area (Å²) in [5.41, 5.74) is 7.48. The van der Waals surface area contributed by atoms with Crippen LogP contribution in [0.3, 0.4) is 0 Å². The highest BCUT2D eigenvalue weighted by molar-refractivity contribution is 7.80. The smallest absolute Gasteiger partial charge is 0.106 e. The second kappa shape index (κ2) is 7.22. The Bertz CT molecular complexity index is 477. The van der Waals surface area contributed by atoms with E-state index in [2.05, 4.69) is 17.1 Å². The molecule has 0 aromatic heterocycles. The molecule has 1 atom stereocenters. The Balaban J connectivity index is 1.99. The quantitative estimate of drug-likeness (QED) is 0.815. The minimum absolute atomic E-state index is 0.294. The van der Waals surface area contributed by atoms with Gasteiger partial charge < -0.3 is 15.8 Å². The fourth-order valence-electron chi connectivity index (χ4n) is 2.33. The van der Waals surface area contributed by atoms with Gasteiger partial charge in [-0.25, -0.2) is 0 Å². The number of nitrogens with two attached hydrogens (primary N) is 1. The van der Waals surface area contributed by atoms with E-state index in [1.165, 1.54) is 0 Å². The molecular formula is C14H20ClN3OS. The standard InChI is InChI=1S/C14H20ClN3OS/c1-10(9-18-4-6-19-7-5-18)17-13-3-2-11(15)8-12(13)14(16)20/h2-3,8,10,17H,4-7,9H2,1H3,(H2,16,20). The summed E-state index contributed by atoms with van der Waals surface area (Å²) in [5.74, 6) is 0. The summed E-state index contributed by atoms with van der Waals surface area (Å²) in [6.45, 7) is 6.69. The van der Waals surface area contributed by atoms with Crippen LogP contribution in [0.1, 0.15) is 12.5 Å². The van der Waals surface area contributed by atoms with Gasteiger partial charge in [-0.3, -0.25) is 4.90 Å². The molecule has 1 unspecified atom stereocenters. The number of thiocarbonyl (C=S) groups is 1. The summed E-state index contributed by atoms with van der Waals surface area (Å²) in [4.78, 5) is 2.74. The summed E-state index contributed by atoms with van der Waals surface area (Å²) < 4.78 is 5.35. The molecular weight excluding hydrogens is 294 g/mol. The number of hydrogen-bond acceptors (Lipinski definition) is 4. The van der Waals surface area contributed by atoms with Crippen molar-refractivity contribution in [3.05, 3.63) is 28.8 Å². The molecule has 2 rings (SSSR count). The van der Waals surface area contributed by atoms with Crippen molar-refractivity contribution in [2.75, 3.05) is 38.2 Å². The molecule has 0 bridgehead atoms. The maximum atomic E-state index is 5.99. The van der Waals surface area contributed by atoms with Gasteiger partial charge in [0.05, 0.1) is 13.2 Å². The van der Waals surface area contributed by atoms with Crippen molar-refractivity contribution in [1.82, 2.24) is 4.90 Å². The van der Waals surface area contributed by atoms with E-state index in [0.717, 1.165) is 44.1 Å². The minimum atomic E-state index is 0.294. The number of halogens is 1. The van der Waals surface area contributed by atoms with Gasteiger partial charge in [-0.05, 0) is 25.1 Å². The zero-order chi connectivity index (χ0) is 14.5. The summed E-state index contributed by atoms with van der Waals surface area (Å²) in [7, 11) is 0. The lowest BCUT2D eigenvalue weighted by molar-refractivity contribution is 0.0368. The average Bonchev–Trinajstić information content (AvgIpc) is 2.41. The third-order valence-electron chi connectivity index (χ3n) is 3.28. The maximum Gasteiger partial charge on any atom is 0.106 e. The van der Waals surface area contributed by atoms with Gasteiger partial charge in [0.15, 0.2) is 0 Å². The molecule has 0 aliphatic carbocycles. The van der Waals surface area contributed by atoms with Crippen LogP contribution in [0, 0.1) is 0 Å². The van der Waals surface area contributed by atoms with Crippen LogP contribution in [-0.2, 0) is 4.74 Å². The number of benzene rings is 1. The molecule has 1 aromatic carbocycles. The number of ether oxygens (including phenoxy) is 1. The Hall–Kier alpha value is -0.880. The fourth-order valence-corrected chi connectivity index (χ4v) is 2.67. The third kappa shape index (κ3) is 4.31. The monoisotopic (exact) mass is 313 g/mol. The molecule has 1 fully saturated rings. The Morgan fingerprint density at radius 1 is 1.50 bits per heavy atom. The van der Waals surface area contributed by atoms with E-state index < -0.39 is 0 Å². The van der Waals surface area contributed by atoms with Crippen molar-refractivity contribution in [3.8, 4) is 0 Å². The van der Waals surface area contributed by atoms with Gasteiger partial charge in [-0.2, -0.15) is 0 Å². The molecule has 6 heteroatoms. The molecule has 4 nitrogen and oxygen atoms in total. The SMILES string of the molecule is CC(CN1CCOCC1)Nc1ccc(Cl)cc1C(N)=S. The van der Waals surface area contributed by atoms with Gasteiger partial charge >= 0.3 is 0 Å². The predicted octanol–water partition coefficient (Wildman–Crippen LogP) is 2.11. The normalized spacial score (nSPS) is 17.7. The number of anilines is 1. The summed E-state index contributed by atoms with van der Waals surface area (Å²) in [6.07, 6.45) is 0. The molecule has 110 valence electrons. The van der Waals surface area contributed by atoms with Crippen molar-refractivity contribution >= 4 is 34.5 Å². The predicted molar refractivity (Wildman–Crippen MR) is 87.7 cm³/mol. The lowest BCUT2D eigenvalue weighted by atomic mass is 10.1. The van der Waals surface area contributed by atoms with Gasteiger partial charge in [0, 0.05) is 41.9 Å². The van der Waals surface area contributed by atoms with Gasteiger partial charge in [-0.15, -0.1) is 0 Å².